The van der Waals surface area contributed by atoms with Gasteiger partial charge in [0, 0.05) is 25.5 Å². The van der Waals surface area contributed by atoms with Crippen molar-refractivity contribution < 1.29 is 4.79 Å². The number of aromatic amines is 1. The standard InChI is InChI=1S/C23H25N7O2/c1-14-13-26-22(25-10-9-16-7-5-4-6-8-16)23(32)30(14)21-15(2)17(12-19(31)24-3)11-18-20(21)28-29-27-18/h4-8,11,13H,9-10,12H2,1-3H3,(H,24,31)(H,25,26)(H,27,28,29). The van der Waals surface area contributed by atoms with Gasteiger partial charge in [0.2, 0.25) is 5.91 Å². The molecule has 9 heteroatoms. The molecule has 1 amide bonds. The fraction of sp³-hybridized carbons (Fsp3) is 0.261. The molecular formula is C23H25N7O2. The number of aromatic nitrogens is 5. The van der Waals surface area contributed by atoms with E-state index in [4.69, 9.17) is 0 Å². The van der Waals surface area contributed by atoms with Gasteiger partial charge in [0.1, 0.15) is 11.0 Å². The highest BCUT2D eigenvalue weighted by molar-refractivity contribution is 5.88. The molecule has 0 saturated heterocycles. The second-order valence-corrected chi connectivity index (χ2v) is 7.60. The van der Waals surface area contributed by atoms with Crippen LogP contribution in [0.15, 0.2) is 47.4 Å². The zero-order chi connectivity index (χ0) is 22.7. The first-order valence-corrected chi connectivity index (χ1v) is 10.4. The molecule has 0 radical (unpaired) electrons. The Balaban J connectivity index is 1.75. The monoisotopic (exact) mass is 431 g/mol. The van der Waals surface area contributed by atoms with Crippen molar-refractivity contribution in [2.45, 2.75) is 26.7 Å². The number of carbonyl (C=O) groups is 1. The number of H-pyrrole nitrogens is 1. The molecule has 0 aliphatic heterocycles. The highest BCUT2D eigenvalue weighted by Gasteiger charge is 2.20. The molecular weight excluding hydrogens is 406 g/mol. The predicted octanol–water partition coefficient (Wildman–Crippen LogP) is 2.06. The first-order chi connectivity index (χ1) is 15.5. The number of anilines is 1. The molecule has 2 heterocycles. The Hall–Kier alpha value is -4.01. The molecule has 4 aromatic rings. The summed E-state index contributed by atoms with van der Waals surface area (Å²) in [6.45, 7) is 4.28. The third-order valence-corrected chi connectivity index (χ3v) is 5.49. The molecule has 4 rings (SSSR count). The van der Waals surface area contributed by atoms with Crippen molar-refractivity contribution in [3.05, 3.63) is 75.3 Å². The Bertz CT molecular complexity index is 1330. The summed E-state index contributed by atoms with van der Waals surface area (Å²) >= 11 is 0. The topological polar surface area (TPSA) is 118 Å². The van der Waals surface area contributed by atoms with E-state index in [0.29, 0.717) is 29.0 Å². The van der Waals surface area contributed by atoms with Crippen molar-refractivity contribution in [1.29, 1.82) is 0 Å². The van der Waals surface area contributed by atoms with Crippen LogP contribution >= 0.6 is 0 Å². The van der Waals surface area contributed by atoms with Crippen molar-refractivity contribution in [1.82, 2.24) is 30.3 Å². The lowest BCUT2D eigenvalue weighted by atomic mass is 10.0. The number of nitrogens with zero attached hydrogens (tertiary/aromatic N) is 4. The van der Waals surface area contributed by atoms with Gasteiger partial charge in [0.15, 0.2) is 5.82 Å². The maximum Gasteiger partial charge on any atom is 0.298 e. The van der Waals surface area contributed by atoms with Crippen LogP contribution in [0.4, 0.5) is 5.82 Å². The Morgan fingerprint density at radius 3 is 2.69 bits per heavy atom. The molecule has 2 aromatic carbocycles. The molecule has 164 valence electrons. The zero-order valence-electron chi connectivity index (χ0n) is 18.3. The number of hydrogen-bond donors (Lipinski definition) is 3. The quantitative estimate of drug-likeness (QED) is 0.412. The number of benzene rings is 2. The van der Waals surface area contributed by atoms with Gasteiger partial charge >= 0.3 is 0 Å². The van der Waals surface area contributed by atoms with Crippen LogP contribution in [0.5, 0.6) is 0 Å². The Labute approximate surface area is 184 Å². The number of aryl methyl sites for hydroxylation is 1. The minimum atomic E-state index is -0.275. The minimum Gasteiger partial charge on any atom is -0.365 e. The molecule has 0 aliphatic carbocycles. The van der Waals surface area contributed by atoms with E-state index < -0.39 is 0 Å². The van der Waals surface area contributed by atoms with Crippen LogP contribution in [0, 0.1) is 13.8 Å². The highest BCUT2D eigenvalue weighted by atomic mass is 16.1. The van der Waals surface area contributed by atoms with Gasteiger partial charge in [-0.25, -0.2) is 4.98 Å². The first kappa shape index (κ1) is 21.2. The number of likely N-dealkylation sites (N-methyl/N-ethyl adjacent to an activating group) is 1. The van der Waals surface area contributed by atoms with Crippen LogP contribution in [0.1, 0.15) is 22.4 Å². The summed E-state index contributed by atoms with van der Waals surface area (Å²) in [6, 6.07) is 11.9. The van der Waals surface area contributed by atoms with Crippen LogP contribution < -0.4 is 16.2 Å². The number of carbonyl (C=O) groups excluding carboxylic acids is 1. The lowest BCUT2D eigenvalue weighted by Gasteiger charge is -2.17. The predicted molar refractivity (Wildman–Crippen MR) is 123 cm³/mol. The van der Waals surface area contributed by atoms with E-state index in [9.17, 15) is 9.59 Å². The third-order valence-electron chi connectivity index (χ3n) is 5.49. The fourth-order valence-electron chi connectivity index (χ4n) is 3.74. The van der Waals surface area contributed by atoms with E-state index in [-0.39, 0.29) is 23.7 Å². The highest BCUT2D eigenvalue weighted by Crippen LogP contribution is 2.27. The van der Waals surface area contributed by atoms with E-state index in [1.165, 1.54) is 5.56 Å². The number of rotatable bonds is 7. The lowest BCUT2D eigenvalue weighted by molar-refractivity contribution is -0.119. The summed E-state index contributed by atoms with van der Waals surface area (Å²) in [7, 11) is 1.60. The molecule has 0 atom stereocenters. The summed E-state index contributed by atoms with van der Waals surface area (Å²) in [5.41, 5.74) is 4.89. The second-order valence-electron chi connectivity index (χ2n) is 7.60. The molecule has 0 spiro atoms. The van der Waals surface area contributed by atoms with E-state index in [1.807, 2.05) is 50.2 Å². The Kier molecular flexibility index (Phi) is 5.98. The molecule has 0 bridgehead atoms. The summed E-state index contributed by atoms with van der Waals surface area (Å²) in [5.74, 6) is 0.142. The molecule has 0 unspecified atom stereocenters. The molecule has 2 aromatic heterocycles. The first-order valence-electron chi connectivity index (χ1n) is 10.4. The summed E-state index contributed by atoms with van der Waals surface area (Å²) in [6.07, 6.45) is 2.60. The van der Waals surface area contributed by atoms with E-state index >= 15 is 0 Å². The van der Waals surface area contributed by atoms with Crippen LogP contribution in [0.25, 0.3) is 16.7 Å². The van der Waals surface area contributed by atoms with Crippen molar-refractivity contribution in [2.75, 3.05) is 18.9 Å². The Morgan fingerprint density at radius 2 is 1.94 bits per heavy atom. The third kappa shape index (κ3) is 4.09. The minimum absolute atomic E-state index is 0.121. The van der Waals surface area contributed by atoms with Gasteiger partial charge in [-0.3, -0.25) is 14.2 Å². The summed E-state index contributed by atoms with van der Waals surface area (Å²) < 4.78 is 1.59. The van der Waals surface area contributed by atoms with Crippen molar-refractivity contribution in [2.24, 2.45) is 0 Å². The van der Waals surface area contributed by atoms with Crippen LogP contribution in [-0.2, 0) is 17.6 Å². The van der Waals surface area contributed by atoms with E-state index in [1.54, 1.807) is 17.8 Å². The average Bonchev–Trinajstić information content (AvgIpc) is 3.26. The van der Waals surface area contributed by atoms with Gasteiger partial charge < -0.3 is 10.6 Å². The van der Waals surface area contributed by atoms with Gasteiger partial charge in [-0.2, -0.15) is 15.4 Å². The molecule has 32 heavy (non-hydrogen) atoms. The Morgan fingerprint density at radius 1 is 1.16 bits per heavy atom. The fourth-order valence-corrected chi connectivity index (χ4v) is 3.74. The number of nitrogens with one attached hydrogen (secondary N) is 3. The number of fused-ring (bicyclic) bond motifs is 1. The molecule has 3 N–H and O–H groups in total. The van der Waals surface area contributed by atoms with Gasteiger partial charge in [0.05, 0.1) is 12.1 Å². The largest absolute Gasteiger partial charge is 0.365 e. The molecule has 9 nitrogen and oxygen atoms in total. The van der Waals surface area contributed by atoms with Crippen molar-refractivity contribution in [3.63, 3.8) is 0 Å². The van der Waals surface area contributed by atoms with Gasteiger partial charge in [0.25, 0.3) is 5.56 Å². The van der Waals surface area contributed by atoms with Gasteiger partial charge in [-0.05, 0) is 43.0 Å². The number of amides is 1. The van der Waals surface area contributed by atoms with Crippen LogP contribution in [0.2, 0.25) is 0 Å². The van der Waals surface area contributed by atoms with E-state index in [2.05, 4.69) is 31.0 Å². The van der Waals surface area contributed by atoms with Gasteiger partial charge in [-0.1, -0.05) is 30.3 Å². The average molecular weight is 432 g/mol. The maximum absolute atomic E-state index is 13.4. The zero-order valence-corrected chi connectivity index (χ0v) is 18.3. The smallest absolute Gasteiger partial charge is 0.298 e. The number of hydrogen-bond acceptors (Lipinski definition) is 6. The maximum atomic E-state index is 13.4. The van der Waals surface area contributed by atoms with E-state index in [0.717, 1.165) is 17.5 Å². The molecule has 0 saturated carbocycles. The lowest BCUT2D eigenvalue weighted by Crippen LogP contribution is -2.27. The SMILES string of the molecule is CNC(=O)Cc1cc2n[nH]nc2c(-n2c(C)cnc(NCCc3ccccc3)c2=O)c1C. The van der Waals surface area contributed by atoms with Crippen molar-refractivity contribution in [3.8, 4) is 5.69 Å². The van der Waals surface area contributed by atoms with Crippen molar-refractivity contribution >= 4 is 22.8 Å². The normalized spacial score (nSPS) is 11.0. The summed E-state index contributed by atoms with van der Waals surface area (Å²) in [4.78, 5) is 29.8. The second kappa shape index (κ2) is 9.01. The van der Waals surface area contributed by atoms with Crippen LogP contribution in [0.3, 0.4) is 0 Å². The molecule has 0 fully saturated rings. The van der Waals surface area contributed by atoms with Gasteiger partial charge in [-0.15, -0.1) is 0 Å². The van der Waals surface area contributed by atoms with Crippen LogP contribution in [-0.4, -0.2) is 44.5 Å². The molecule has 0 aliphatic rings. The summed E-state index contributed by atoms with van der Waals surface area (Å²) in [5, 5.41) is 16.9.